The Kier molecular flexibility index (Phi) is 9.27. The van der Waals surface area contributed by atoms with E-state index < -0.39 is 45.0 Å². The summed E-state index contributed by atoms with van der Waals surface area (Å²) in [5.74, 6) is -1.76. The maximum absolute atomic E-state index is 11.8. The summed E-state index contributed by atoms with van der Waals surface area (Å²) in [6, 6.07) is 6.18. The zero-order valence-electron chi connectivity index (χ0n) is 16.6. The lowest BCUT2D eigenvalue weighted by Crippen LogP contribution is -2.42. The van der Waals surface area contributed by atoms with E-state index in [-0.39, 0.29) is 12.1 Å². The SMILES string of the molecule is CC(C)(C)NCC(O)COc1ccc(NC(=O)CS(=O)(=O)CCO[N+](=O)[O-])cc1. The number of ether oxygens (including phenoxy) is 1. The molecule has 29 heavy (non-hydrogen) atoms. The monoisotopic (exact) mass is 433 g/mol. The largest absolute Gasteiger partial charge is 0.491 e. The van der Waals surface area contributed by atoms with Gasteiger partial charge in [0.15, 0.2) is 9.84 Å². The van der Waals surface area contributed by atoms with Crippen LogP contribution in [-0.4, -0.2) is 67.4 Å². The second-order valence-electron chi connectivity index (χ2n) is 7.32. The molecule has 0 aliphatic carbocycles. The third kappa shape index (κ3) is 11.9. The minimum atomic E-state index is -3.84. The summed E-state index contributed by atoms with van der Waals surface area (Å²) in [4.78, 5) is 25.8. The van der Waals surface area contributed by atoms with Gasteiger partial charge in [-0.3, -0.25) is 4.79 Å². The molecule has 3 N–H and O–H groups in total. The zero-order valence-corrected chi connectivity index (χ0v) is 17.4. The summed E-state index contributed by atoms with van der Waals surface area (Å²) in [5.41, 5.74) is 0.238. The molecule has 0 aliphatic rings. The number of carbonyl (C=O) groups excluding carboxylic acids is 1. The molecule has 11 nitrogen and oxygen atoms in total. The van der Waals surface area contributed by atoms with Crippen molar-refractivity contribution in [2.75, 3.05) is 36.6 Å². The van der Waals surface area contributed by atoms with Crippen LogP contribution in [0.4, 0.5) is 5.69 Å². The standard InChI is InChI=1S/C17H27N3O8S/c1-17(2,3)18-10-14(21)11-27-15-6-4-13(5-7-15)19-16(22)12-29(25,26)9-8-28-20(23)24/h4-7,14,18,21H,8-12H2,1-3H3,(H,19,22). The minimum absolute atomic E-state index is 0.0826. The molecule has 0 saturated heterocycles. The predicted molar refractivity (Wildman–Crippen MR) is 106 cm³/mol. The van der Waals surface area contributed by atoms with Crippen molar-refractivity contribution in [2.24, 2.45) is 0 Å². The number of anilines is 1. The van der Waals surface area contributed by atoms with Gasteiger partial charge in [-0.1, -0.05) is 0 Å². The van der Waals surface area contributed by atoms with Crippen LogP contribution >= 0.6 is 0 Å². The second kappa shape index (κ2) is 10.9. The van der Waals surface area contributed by atoms with Gasteiger partial charge in [-0.25, -0.2) is 8.42 Å². The number of nitrogens with zero attached hydrogens (tertiary/aromatic N) is 1. The molecule has 0 radical (unpaired) electrons. The highest BCUT2D eigenvalue weighted by Crippen LogP contribution is 2.16. The molecular formula is C17H27N3O8S. The Balaban J connectivity index is 2.43. The highest BCUT2D eigenvalue weighted by Gasteiger charge is 2.17. The molecule has 1 unspecified atom stereocenters. The predicted octanol–water partition coefficient (Wildman–Crippen LogP) is 0.376. The first-order valence-corrected chi connectivity index (χ1v) is 10.6. The van der Waals surface area contributed by atoms with E-state index in [0.29, 0.717) is 18.0 Å². The van der Waals surface area contributed by atoms with E-state index in [0.717, 1.165) is 0 Å². The van der Waals surface area contributed by atoms with Gasteiger partial charge in [0.05, 0.1) is 5.75 Å². The number of amides is 1. The Morgan fingerprint density at radius 2 is 1.90 bits per heavy atom. The van der Waals surface area contributed by atoms with Crippen molar-refractivity contribution in [1.82, 2.24) is 5.32 Å². The lowest BCUT2D eigenvalue weighted by Gasteiger charge is -2.23. The number of sulfone groups is 1. The van der Waals surface area contributed by atoms with E-state index >= 15 is 0 Å². The maximum atomic E-state index is 11.8. The van der Waals surface area contributed by atoms with E-state index in [4.69, 9.17) is 4.74 Å². The first-order chi connectivity index (χ1) is 13.4. The van der Waals surface area contributed by atoms with Crippen molar-refractivity contribution in [3.63, 3.8) is 0 Å². The fourth-order valence-corrected chi connectivity index (χ4v) is 2.96. The van der Waals surface area contributed by atoms with Crippen molar-refractivity contribution in [3.8, 4) is 5.75 Å². The van der Waals surface area contributed by atoms with Gasteiger partial charge in [-0.15, -0.1) is 10.1 Å². The Bertz CT molecular complexity index is 775. The molecule has 1 aromatic carbocycles. The lowest BCUT2D eigenvalue weighted by atomic mass is 10.1. The van der Waals surface area contributed by atoms with E-state index in [1.165, 1.54) is 12.1 Å². The zero-order chi connectivity index (χ0) is 22.1. The molecule has 1 atom stereocenters. The quantitative estimate of drug-likeness (QED) is 0.313. The van der Waals surface area contributed by atoms with Crippen molar-refractivity contribution in [1.29, 1.82) is 0 Å². The highest BCUT2D eigenvalue weighted by molar-refractivity contribution is 7.92. The molecule has 1 aromatic rings. The van der Waals surface area contributed by atoms with Crippen LogP contribution in [0.25, 0.3) is 0 Å². The van der Waals surface area contributed by atoms with Gasteiger partial charge < -0.3 is 25.3 Å². The summed E-state index contributed by atoms with van der Waals surface area (Å²) in [5, 5.41) is 24.4. The van der Waals surface area contributed by atoms with E-state index in [1.807, 2.05) is 20.8 Å². The van der Waals surface area contributed by atoms with Crippen LogP contribution in [0.5, 0.6) is 5.75 Å². The first-order valence-electron chi connectivity index (χ1n) is 8.80. The van der Waals surface area contributed by atoms with Crippen LogP contribution in [0.2, 0.25) is 0 Å². The molecule has 0 aliphatic heterocycles. The van der Waals surface area contributed by atoms with Crippen LogP contribution in [-0.2, 0) is 19.5 Å². The number of rotatable bonds is 12. The number of aliphatic hydroxyl groups excluding tert-OH is 1. The van der Waals surface area contributed by atoms with Crippen LogP contribution in [0.1, 0.15) is 20.8 Å². The number of carbonyl (C=O) groups is 1. The van der Waals surface area contributed by atoms with Crippen molar-refractivity contribution in [3.05, 3.63) is 34.4 Å². The summed E-state index contributed by atoms with van der Waals surface area (Å²) in [7, 11) is -3.84. The number of hydrogen-bond donors (Lipinski definition) is 3. The summed E-state index contributed by atoms with van der Waals surface area (Å²) < 4.78 is 28.9. The molecule has 12 heteroatoms. The first kappa shape index (κ1) is 24.6. The van der Waals surface area contributed by atoms with Gasteiger partial charge in [-0.05, 0) is 45.0 Å². The molecule has 0 spiro atoms. The molecule has 1 rings (SSSR count). The van der Waals surface area contributed by atoms with Gasteiger partial charge in [0.25, 0.3) is 5.09 Å². The van der Waals surface area contributed by atoms with Gasteiger partial charge >= 0.3 is 0 Å². The molecule has 0 bridgehead atoms. The van der Waals surface area contributed by atoms with Crippen LogP contribution in [0, 0.1) is 10.1 Å². The molecular weight excluding hydrogens is 406 g/mol. The third-order valence-electron chi connectivity index (χ3n) is 3.39. The maximum Gasteiger partial charge on any atom is 0.294 e. The summed E-state index contributed by atoms with van der Waals surface area (Å²) >= 11 is 0. The molecule has 0 fully saturated rings. The summed E-state index contributed by atoms with van der Waals surface area (Å²) in [6.45, 7) is 5.78. The fourth-order valence-electron chi connectivity index (χ4n) is 2.02. The number of β-amino-alcohol motifs (C(OH)–C–C–N with tert-alkyl or cyclic N) is 1. The average Bonchev–Trinajstić information content (AvgIpc) is 2.57. The topological polar surface area (TPSA) is 157 Å². The highest BCUT2D eigenvalue weighted by atomic mass is 32.2. The normalized spacial score (nSPS) is 12.8. The van der Waals surface area contributed by atoms with Gasteiger partial charge in [0, 0.05) is 17.8 Å². The number of hydrogen-bond acceptors (Lipinski definition) is 9. The van der Waals surface area contributed by atoms with Gasteiger partial charge in [0.2, 0.25) is 5.91 Å². The molecule has 0 aromatic heterocycles. The van der Waals surface area contributed by atoms with Crippen LogP contribution in [0.3, 0.4) is 0 Å². The summed E-state index contributed by atoms with van der Waals surface area (Å²) in [6.07, 6.45) is -0.696. The molecule has 164 valence electrons. The number of aliphatic hydroxyl groups is 1. The van der Waals surface area contributed by atoms with Gasteiger partial charge in [0.1, 0.15) is 30.8 Å². The smallest absolute Gasteiger partial charge is 0.294 e. The average molecular weight is 433 g/mol. The van der Waals surface area contributed by atoms with E-state index in [9.17, 15) is 28.4 Å². The number of nitrogens with one attached hydrogen (secondary N) is 2. The molecule has 0 saturated carbocycles. The Hall–Kier alpha value is -2.44. The van der Waals surface area contributed by atoms with E-state index in [1.54, 1.807) is 12.1 Å². The third-order valence-corrected chi connectivity index (χ3v) is 4.88. The Labute approximate surface area is 169 Å². The van der Waals surface area contributed by atoms with Crippen molar-refractivity contribution < 1.29 is 33.0 Å². The van der Waals surface area contributed by atoms with E-state index in [2.05, 4.69) is 15.5 Å². The minimum Gasteiger partial charge on any atom is -0.491 e. The fraction of sp³-hybridized carbons (Fsp3) is 0.588. The Morgan fingerprint density at radius 1 is 1.28 bits per heavy atom. The van der Waals surface area contributed by atoms with Crippen molar-refractivity contribution in [2.45, 2.75) is 32.4 Å². The second-order valence-corrected chi connectivity index (χ2v) is 9.50. The Morgan fingerprint density at radius 3 is 2.45 bits per heavy atom. The lowest BCUT2D eigenvalue weighted by molar-refractivity contribution is -0.756. The molecule has 1 amide bonds. The van der Waals surface area contributed by atoms with Crippen molar-refractivity contribution >= 4 is 21.4 Å². The molecule has 0 heterocycles. The number of benzene rings is 1. The van der Waals surface area contributed by atoms with Crippen LogP contribution in [0.15, 0.2) is 24.3 Å². The van der Waals surface area contributed by atoms with Gasteiger partial charge in [-0.2, -0.15) is 0 Å². The van der Waals surface area contributed by atoms with Crippen LogP contribution < -0.4 is 15.4 Å².